The average Bonchev–Trinajstić information content (AvgIpc) is 2.67. The van der Waals surface area contributed by atoms with E-state index in [1.54, 1.807) is 0 Å². The highest BCUT2D eigenvalue weighted by molar-refractivity contribution is 5.33. The zero-order valence-electron chi connectivity index (χ0n) is 10.7. The second kappa shape index (κ2) is 4.09. The van der Waals surface area contributed by atoms with Crippen molar-refractivity contribution in [2.45, 2.75) is 26.2 Å². The summed E-state index contributed by atoms with van der Waals surface area (Å²) < 4.78 is 0. The van der Waals surface area contributed by atoms with Crippen LogP contribution in [0.4, 0.5) is 5.95 Å². The first-order valence-corrected chi connectivity index (χ1v) is 5.96. The van der Waals surface area contributed by atoms with Crippen molar-refractivity contribution >= 4 is 5.95 Å². The SMILES string of the molecule is CN1CCN(c2nc(C(C)(C)C)c[nH]2)CC1. The Kier molecular flexibility index (Phi) is 2.93. The quantitative estimate of drug-likeness (QED) is 0.781. The molecule has 1 saturated heterocycles. The van der Waals surface area contributed by atoms with Crippen molar-refractivity contribution in [3.8, 4) is 0 Å². The van der Waals surface area contributed by atoms with Gasteiger partial charge in [-0.3, -0.25) is 0 Å². The van der Waals surface area contributed by atoms with E-state index >= 15 is 0 Å². The molecule has 2 rings (SSSR count). The summed E-state index contributed by atoms with van der Waals surface area (Å²) in [5.41, 5.74) is 1.27. The molecule has 1 aromatic heterocycles. The number of H-pyrrole nitrogens is 1. The van der Waals surface area contributed by atoms with Gasteiger partial charge in [-0.15, -0.1) is 0 Å². The van der Waals surface area contributed by atoms with Crippen molar-refractivity contribution < 1.29 is 0 Å². The molecule has 1 N–H and O–H groups in total. The fourth-order valence-electron chi connectivity index (χ4n) is 1.88. The lowest BCUT2D eigenvalue weighted by atomic mass is 9.93. The van der Waals surface area contributed by atoms with Crippen LogP contribution in [0.15, 0.2) is 6.20 Å². The molecule has 0 atom stereocenters. The number of piperazine rings is 1. The summed E-state index contributed by atoms with van der Waals surface area (Å²) in [6.45, 7) is 10.9. The number of nitrogens with zero attached hydrogens (tertiary/aromatic N) is 3. The average molecular weight is 222 g/mol. The molecule has 0 aromatic carbocycles. The molecule has 1 aromatic rings. The minimum Gasteiger partial charge on any atom is -0.340 e. The summed E-state index contributed by atoms with van der Waals surface area (Å²) in [7, 11) is 2.17. The van der Waals surface area contributed by atoms with Gasteiger partial charge in [0.2, 0.25) is 5.95 Å². The molecule has 2 heterocycles. The van der Waals surface area contributed by atoms with Crippen LogP contribution >= 0.6 is 0 Å². The fourth-order valence-corrected chi connectivity index (χ4v) is 1.88. The maximum atomic E-state index is 4.68. The van der Waals surface area contributed by atoms with E-state index in [0.717, 1.165) is 37.8 Å². The Labute approximate surface area is 97.7 Å². The van der Waals surface area contributed by atoms with E-state index in [1.165, 1.54) is 0 Å². The van der Waals surface area contributed by atoms with Crippen molar-refractivity contribution in [3.63, 3.8) is 0 Å². The van der Waals surface area contributed by atoms with Gasteiger partial charge in [-0.05, 0) is 7.05 Å². The van der Waals surface area contributed by atoms with Crippen molar-refractivity contribution in [1.29, 1.82) is 0 Å². The first-order valence-electron chi connectivity index (χ1n) is 5.96. The van der Waals surface area contributed by atoms with E-state index in [2.05, 4.69) is 47.6 Å². The summed E-state index contributed by atoms with van der Waals surface area (Å²) >= 11 is 0. The smallest absolute Gasteiger partial charge is 0.203 e. The lowest BCUT2D eigenvalue weighted by Crippen LogP contribution is -2.45. The second-order valence-electron chi connectivity index (χ2n) is 5.65. The summed E-state index contributed by atoms with van der Waals surface area (Å²) in [6, 6.07) is 0. The van der Waals surface area contributed by atoms with Gasteiger partial charge in [0.05, 0.1) is 5.69 Å². The van der Waals surface area contributed by atoms with E-state index in [0.29, 0.717) is 0 Å². The molecule has 4 heteroatoms. The first kappa shape index (κ1) is 11.5. The predicted octanol–water partition coefficient (Wildman–Crippen LogP) is 1.46. The summed E-state index contributed by atoms with van der Waals surface area (Å²) in [4.78, 5) is 12.7. The maximum Gasteiger partial charge on any atom is 0.203 e. The summed E-state index contributed by atoms with van der Waals surface area (Å²) in [5.74, 6) is 1.03. The van der Waals surface area contributed by atoms with Crippen LogP contribution in [-0.4, -0.2) is 48.1 Å². The molecule has 0 bridgehead atoms. The minimum atomic E-state index is 0.126. The van der Waals surface area contributed by atoms with Gasteiger partial charge in [-0.25, -0.2) is 4.98 Å². The molecular formula is C12H22N4. The Balaban J connectivity index is 2.08. The number of likely N-dealkylation sites (N-methyl/N-ethyl adjacent to an activating group) is 1. The largest absolute Gasteiger partial charge is 0.340 e. The highest BCUT2D eigenvalue weighted by Gasteiger charge is 2.21. The van der Waals surface area contributed by atoms with Crippen molar-refractivity contribution in [2.24, 2.45) is 0 Å². The minimum absolute atomic E-state index is 0.126. The van der Waals surface area contributed by atoms with Gasteiger partial charge in [-0.1, -0.05) is 20.8 Å². The Bertz CT molecular complexity index is 342. The molecule has 16 heavy (non-hydrogen) atoms. The highest BCUT2D eigenvalue weighted by Crippen LogP contribution is 2.22. The van der Waals surface area contributed by atoms with Crippen LogP contribution in [0.2, 0.25) is 0 Å². The fraction of sp³-hybridized carbons (Fsp3) is 0.750. The zero-order valence-corrected chi connectivity index (χ0v) is 10.7. The third-order valence-electron chi connectivity index (χ3n) is 3.14. The third kappa shape index (κ3) is 2.38. The van der Waals surface area contributed by atoms with Crippen molar-refractivity contribution in [2.75, 3.05) is 38.1 Å². The number of nitrogens with one attached hydrogen (secondary N) is 1. The van der Waals surface area contributed by atoms with Crippen molar-refractivity contribution in [1.82, 2.24) is 14.9 Å². The van der Waals surface area contributed by atoms with E-state index in [1.807, 2.05) is 6.20 Å². The summed E-state index contributed by atoms with van der Waals surface area (Å²) in [6.07, 6.45) is 2.04. The molecule has 1 aliphatic heterocycles. The van der Waals surface area contributed by atoms with Crippen LogP contribution in [-0.2, 0) is 5.41 Å². The van der Waals surface area contributed by atoms with Gasteiger partial charge in [-0.2, -0.15) is 0 Å². The molecule has 1 aliphatic rings. The number of rotatable bonds is 1. The molecular weight excluding hydrogens is 200 g/mol. The lowest BCUT2D eigenvalue weighted by molar-refractivity contribution is 0.311. The molecule has 1 fully saturated rings. The predicted molar refractivity (Wildman–Crippen MR) is 67.0 cm³/mol. The van der Waals surface area contributed by atoms with Crippen LogP contribution in [0.25, 0.3) is 0 Å². The molecule has 0 amide bonds. The lowest BCUT2D eigenvalue weighted by Gasteiger charge is -2.32. The number of hydrogen-bond acceptors (Lipinski definition) is 3. The normalized spacial score (nSPS) is 19.1. The van der Waals surface area contributed by atoms with Crippen LogP contribution < -0.4 is 4.90 Å². The first-order chi connectivity index (χ1) is 7.47. The Morgan fingerprint density at radius 1 is 1.19 bits per heavy atom. The molecule has 0 radical (unpaired) electrons. The van der Waals surface area contributed by atoms with Gasteiger partial charge in [0.1, 0.15) is 0 Å². The molecule has 0 spiro atoms. The Morgan fingerprint density at radius 3 is 2.31 bits per heavy atom. The monoisotopic (exact) mass is 222 g/mol. The van der Waals surface area contributed by atoms with E-state index < -0.39 is 0 Å². The van der Waals surface area contributed by atoms with E-state index in [9.17, 15) is 0 Å². The van der Waals surface area contributed by atoms with Crippen LogP contribution in [0.1, 0.15) is 26.5 Å². The molecule has 4 nitrogen and oxygen atoms in total. The number of aromatic amines is 1. The van der Waals surface area contributed by atoms with Crippen LogP contribution in [0, 0.1) is 0 Å². The molecule has 0 unspecified atom stereocenters. The van der Waals surface area contributed by atoms with E-state index in [-0.39, 0.29) is 5.41 Å². The molecule has 90 valence electrons. The number of anilines is 1. The van der Waals surface area contributed by atoms with Crippen LogP contribution in [0.3, 0.4) is 0 Å². The van der Waals surface area contributed by atoms with Gasteiger partial charge < -0.3 is 14.8 Å². The number of hydrogen-bond donors (Lipinski definition) is 1. The van der Waals surface area contributed by atoms with Gasteiger partial charge in [0.15, 0.2) is 0 Å². The molecule has 0 aliphatic carbocycles. The Hall–Kier alpha value is -1.03. The summed E-state index contributed by atoms with van der Waals surface area (Å²) in [5, 5.41) is 0. The topological polar surface area (TPSA) is 35.2 Å². The number of imidazole rings is 1. The standard InChI is InChI=1S/C12H22N4/c1-12(2,3)10-9-13-11(14-10)16-7-5-15(4)6-8-16/h9H,5-8H2,1-4H3,(H,13,14). The van der Waals surface area contributed by atoms with Gasteiger partial charge in [0.25, 0.3) is 0 Å². The zero-order chi connectivity index (χ0) is 11.8. The van der Waals surface area contributed by atoms with Gasteiger partial charge in [0, 0.05) is 37.8 Å². The van der Waals surface area contributed by atoms with Crippen molar-refractivity contribution in [3.05, 3.63) is 11.9 Å². The van der Waals surface area contributed by atoms with E-state index in [4.69, 9.17) is 0 Å². The second-order valence-corrected chi connectivity index (χ2v) is 5.65. The maximum absolute atomic E-state index is 4.68. The Morgan fingerprint density at radius 2 is 1.81 bits per heavy atom. The highest BCUT2D eigenvalue weighted by atomic mass is 15.3. The van der Waals surface area contributed by atoms with Crippen LogP contribution in [0.5, 0.6) is 0 Å². The molecule has 0 saturated carbocycles. The number of aromatic nitrogens is 2. The van der Waals surface area contributed by atoms with Gasteiger partial charge >= 0.3 is 0 Å². The third-order valence-corrected chi connectivity index (χ3v) is 3.14.